The summed E-state index contributed by atoms with van der Waals surface area (Å²) in [4.78, 5) is 31.2. The van der Waals surface area contributed by atoms with Crippen LogP contribution in [0.1, 0.15) is 26.3 Å². The zero-order valence-corrected chi connectivity index (χ0v) is 20.1. The maximum atomic E-state index is 14.5. The van der Waals surface area contributed by atoms with Crippen LogP contribution in [0, 0.1) is 5.82 Å². The molecule has 180 valence electrons. The predicted molar refractivity (Wildman–Crippen MR) is 133 cm³/mol. The van der Waals surface area contributed by atoms with Crippen molar-refractivity contribution in [3.8, 4) is 0 Å². The molecular weight excluding hydrogens is 465 g/mol. The molecule has 8 heteroatoms. The molecule has 0 saturated carbocycles. The third-order valence-corrected chi connectivity index (χ3v) is 7.49. The largest absolute Gasteiger partial charge is 0.370 e. The van der Waals surface area contributed by atoms with Gasteiger partial charge >= 0.3 is 0 Å². The van der Waals surface area contributed by atoms with Crippen molar-refractivity contribution in [2.45, 2.75) is 16.3 Å². The van der Waals surface area contributed by atoms with Crippen molar-refractivity contribution >= 4 is 29.3 Å². The van der Waals surface area contributed by atoms with Gasteiger partial charge in [-0.15, -0.1) is 0 Å². The number of anilines is 1. The number of morpholine rings is 1. The van der Waals surface area contributed by atoms with Gasteiger partial charge in [-0.2, -0.15) is 0 Å². The highest BCUT2D eigenvalue weighted by Gasteiger charge is 2.29. The Bertz CT molecular complexity index is 1250. The fraction of sp³-hybridized carbons (Fsp3) is 0.259. The standard InChI is InChI=1S/C27H26FN3O3S/c28-22-7-3-1-5-20(22)18-31-23-17-19(26(32)29-11-12-30-13-15-34-16-14-30)9-10-25(23)35-24-8-4-2-6-21(24)27(31)33/h1-10,17H,11-16,18H2,(H,29,32)/p+1. The van der Waals surface area contributed by atoms with Crippen molar-refractivity contribution in [3.63, 3.8) is 0 Å². The summed E-state index contributed by atoms with van der Waals surface area (Å²) in [5, 5.41) is 3.00. The highest BCUT2D eigenvalue weighted by molar-refractivity contribution is 7.99. The van der Waals surface area contributed by atoms with Gasteiger partial charge in [0.05, 0.1) is 44.1 Å². The molecule has 2 N–H and O–H groups in total. The Morgan fingerprint density at radius 1 is 1.03 bits per heavy atom. The summed E-state index contributed by atoms with van der Waals surface area (Å²) in [6.07, 6.45) is 0. The molecule has 0 atom stereocenters. The van der Waals surface area contributed by atoms with Gasteiger partial charge < -0.3 is 19.9 Å². The van der Waals surface area contributed by atoms with Gasteiger partial charge in [0, 0.05) is 20.9 Å². The summed E-state index contributed by atoms with van der Waals surface area (Å²) in [6, 6.07) is 19.2. The summed E-state index contributed by atoms with van der Waals surface area (Å²) >= 11 is 1.48. The number of ether oxygens (including phenoxy) is 1. The molecule has 0 spiro atoms. The van der Waals surface area contributed by atoms with Crippen LogP contribution >= 0.6 is 11.8 Å². The van der Waals surface area contributed by atoms with Gasteiger partial charge in [-0.1, -0.05) is 42.1 Å². The highest BCUT2D eigenvalue weighted by Crippen LogP contribution is 2.42. The lowest BCUT2D eigenvalue weighted by molar-refractivity contribution is -0.906. The molecule has 0 radical (unpaired) electrons. The van der Waals surface area contributed by atoms with Crippen LogP contribution in [0.3, 0.4) is 0 Å². The van der Waals surface area contributed by atoms with E-state index in [2.05, 4.69) is 5.32 Å². The second-order valence-electron chi connectivity index (χ2n) is 8.63. The summed E-state index contributed by atoms with van der Waals surface area (Å²) < 4.78 is 19.9. The first-order valence-corrected chi connectivity index (χ1v) is 12.6. The normalized spacial score (nSPS) is 15.8. The van der Waals surface area contributed by atoms with Crippen molar-refractivity contribution in [1.29, 1.82) is 0 Å². The van der Waals surface area contributed by atoms with E-state index >= 15 is 0 Å². The van der Waals surface area contributed by atoms with Crippen molar-refractivity contribution in [2.75, 3.05) is 44.3 Å². The van der Waals surface area contributed by atoms with E-state index in [1.54, 1.807) is 41.3 Å². The van der Waals surface area contributed by atoms with Gasteiger partial charge in [0.2, 0.25) is 0 Å². The van der Waals surface area contributed by atoms with Gasteiger partial charge in [0.25, 0.3) is 11.8 Å². The number of hydrogen-bond acceptors (Lipinski definition) is 4. The number of quaternary nitrogens is 1. The van der Waals surface area contributed by atoms with Crippen molar-refractivity contribution in [3.05, 3.63) is 89.2 Å². The van der Waals surface area contributed by atoms with Gasteiger partial charge in [-0.25, -0.2) is 4.39 Å². The lowest BCUT2D eigenvalue weighted by Crippen LogP contribution is -3.14. The van der Waals surface area contributed by atoms with Gasteiger partial charge in [-0.3, -0.25) is 9.59 Å². The molecule has 3 aromatic carbocycles. The molecule has 35 heavy (non-hydrogen) atoms. The number of hydrogen-bond donors (Lipinski definition) is 2. The first-order valence-electron chi connectivity index (χ1n) is 11.8. The van der Waals surface area contributed by atoms with Crippen LogP contribution in [0.2, 0.25) is 0 Å². The van der Waals surface area contributed by atoms with E-state index in [0.29, 0.717) is 28.9 Å². The van der Waals surface area contributed by atoms with E-state index in [-0.39, 0.29) is 24.2 Å². The molecular formula is C27H27FN3O3S+. The highest BCUT2D eigenvalue weighted by atomic mass is 32.2. The molecule has 0 unspecified atom stereocenters. The number of nitrogens with zero attached hydrogens (tertiary/aromatic N) is 1. The summed E-state index contributed by atoms with van der Waals surface area (Å²) in [5.74, 6) is -0.777. The van der Waals surface area contributed by atoms with Crippen LogP contribution in [-0.2, 0) is 11.3 Å². The van der Waals surface area contributed by atoms with Crippen LogP contribution in [0.15, 0.2) is 76.5 Å². The summed E-state index contributed by atoms with van der Waals surface area (Å²) in [6.45, 7) is 4.85. The van der Waals surface area contributed by atoms with Gasteiger partial charge in [-0.05, 0) is 36.4 Å². The molecule has 5 rings (SSSR count). The first kappa shape index (κ1) is 23.5. The number of fused-ring (bicyclic) bond motifs is 2. The zero-order valence-electron chi connectivity index (χ0n) is 19.3. The topological polar surface area (TPSA) is 63.1 Å². The number of amides is 2. The summed E-state index contributed by atoms with van der Waals surface area (Å²) in [5.41, 5.74) is 2.05. The Morgan fingerprint density at radius 2 is 1.80 bits per heavy atom. The minimum Gasteiger partial charge on any atom is -0.370 e. The Labute approximate surface area is 208 Å². The first-order chi connectivity index (χ1) is 17.1. The van der Waals surface area contributed by atoms with Gasteiger partial charge in [0.1, 0.15) is 18.9 Å². The monoisotopic (exact) mass is 492 g/mol. The molecule has 0 bridgehead atoms. The van der Waals surface area contributed by atoms with Crippen molar-refractivity contribution in [2.24, 2.45) is 0 Å². The predicted octanol–water partition coefficient (Wildman–Crippen LogP) is 2.78. The van der Waals surface area contributed by atoms with E-state index < -0.39 is 0 Å². The quantitative estimate of drug-likeness (QED) is 0.556. The second kappa shape index (κ2) is 10.6. The van der Waals surface area contributed by atoms with E-state index in [4.69, 9.17) is 4.74 Å². The van der Waals surface area contributed by atoms with E-state index in [9.17, 15) is 14.0 Å². The minimum absolute atomic E-state index is 0.0683. The fourth-order valence-corrected chi connectivity index (χ4v) is 5.44. The molecule has 1 fully saturated rings. The molecule has 2 aliphatic heterocycles. The molecule has 6 nitrogen and oxygen atoms in total. The summed E-state index contributed by atoms with van der Waals surface area (Å²) in [7, 11) is 0. The molecule has 3 aromatic rings. The maximum absolute atomic E-state index is 14.5. The van der Waals surface area contributed by atoms with Crippen molar-refractivity contribution < 1.29 is 23.6 Å². The average Bonchev–Trinajstić information content (AvgIpc) is 3.00. The molecule has 0 aromatic heterocycles. The minimum atomic E-state index is -0.369. The lowest BCUT2D eigenvalue weighted by atomic mass is 10.1. The Kier molecular flexibility index (Phi) is 7.13. The Hall–Kier alpha value is -3.20. The van der Waals surface area contributed by atoms with E-state index in [0.717, 1.165) is 42.6 Å². The molecule has 2 heterocycles. The lowest BCUT2D eigenvalue weighted by Gasteiger charge is -2.24. The number of rotatable bonds is 6. The number of carbonyl (C=O) groups excluding carboxylic acids is 2. The molecule has 2 aliphatic rings. The molecule has 0 aliphatic carbocycles. The zero-order chi connectivity index (χ0) is 24.2. The van der Waals surface area contributed by atoms with E-state index in [1.807, 2.05) is 24.3 Å². The Balaban J connectivity index is 1.42. The molecule has 2 amide bonds. The number of carbonyl (C=O) groups is 2. The maximum Gasteiger partial charge on any atom is 0.259 e. The third-order valence-electron chi connectivity index (χ3n) is 6.34. The van der Waals surface area contributed by atoms with Gasteiger partial charge in [0.15, 0.2) is 0 Å². The number of benzene rings is 3. The fourth-order valence-electron chi connectivity index (χ4n) is 4.38. The SMILES string of the molecule is O=C(NCC[NH+]1CCOCC1)c1ccc2c(c1)N(Cc1ccccc1F)C(=O)c1ccccc1S2. The second-order valence-corrected chi connectivity index (χ2v) is 9.72. The van der Waals surface area contributed by atoms with Crippen LogP contribution in [0.25, 0.3) is 0 Å². The number of halogens is 1. The van der Waals surface area contributed by atoms with Crippen LogP contribution < -0.4 is 15.1 Å². The van der Waals surface area contributed by atoms with Crippen molar-refractivity contribution in [1.82, 2.24) is 5.32 Å². The number of nitrogens with one attached hydrogen (secondary N) is 2. The molecule has 1 saturated heterocycles. The third kappa shape index (κ3) is 5.24. The smallest absolute Gasteiger partial charge is 0.259 e. The van der Waals surface area contributed by atoms with E-state index in [1.165, 1.54) is 22.7 Å². The average molecular weight is 493 g/mol. The Morgan fingerprint density at radius 3 is 2.63 bits per heavy atom. The van der Waals surface area contributed by atoms with Crippen LogP contribution in [0.5, 0.6) is 0 Å². The van der Waals surface area contributed by atoms with Crippen LogP contribution in [-0.4, -0.2) is 51.2 Å². The van der Waals surface area contributed by atoms with Crippen LogP contribution in [0.4, 0.5) is 10.1 Å².